The summed E-state index contributed by atoms with van der Waals surface area (Å²) in [6.07, 6.45) is -4.56. The van der Waals surface area contributed by atoms with E-state index < -0.39 is 29.9 Å². The van der Waals surface area contributed by atoms with Gasteiger partial charge in [0.2, 0.25) is 5.91 Å². The van der Waals surface area contributed by atoms with Crippen LogP contribution in [0, 0.1) is 0 Å². The Labute approximate surface area is 123 Å². The van der Waals surface area contributed by atoms with Gasteiger partial charge in [0, 0.05) is 18.7 Å². The minimum absolute atomic E-state index is 0.0183. The summed E-state index contributed by atoms with van der Waals surface area (Å²) in [5.74, 6) is 4.45. The maximum absolute atomic E-state index is 12.4. The number of hydrogen-bond acceptors (Lipinski definition) is 4. The minimum atomic E-state index is -4.53. The van der Waals surface area contributed by atoms with E-state index in [1.165, 1.54) is 6.07 Å². The van der Waals surface area contributed by atoms with Crippen LogP contribution >= 0.6 is 0 Å². The van der Waals surface area contributed by atoms with Gasteiger partial charge in [-0.25, -0.2) is 10.6 Å². The van der Waals surface area contributed by atoms with Crippen molar-refractivity contribution in [1.82, 2.24) is 15.7 Å². The van der Waals surface area contributed by atoms with Crippen molar-refractivity contribution in [3.8, 4) is 0 Å². The van der Waals surface area contributed by atoms with Crippen molar-refractivity contribution in [3.05, 3.63) is 29.6 Å². The standard InChI is InChI=1S/C12H15F3N4O3/c13-12(14,15)9-3-1-7(6-17-9)5-8(18-11(21)22)2-4-10(20)19-16/h1,3,6,8,18H,2,4-5,16H2,(H,19,20)(H,21,22)/t8-/m1/s1. The summed E-state index contributed by atoms with van der Waals surface area (Å²) in [6.45, 7) is 0. The summed E-state index contributed by atoms with van der Waals surface area (Å²) in [6, 6.07) is 1.39. The van der Waals surface area contributed by atoms with Gasteiger partial charge >= 0.3 is 12.3 Å². The first-order chi connectivity index (χ1) is 10.2. The molecule has 0 bridgehead atoms. The van der Waals surface area contributed by atoms with Crippen LogP contribution in [0.3, 0.4) is 0 Å². The molecule has 1 heterocycles. The third-order valence-electron chi connectivity index (χ3n) is 2.81. The van der Waals surface area contributed by atoms with E-state index in [1.807, 2.05) is 5.43 Å². The first-order valence-electron chi connectivity index (χ1n) is 6.23. The molecule has 0 unspecified atom stereocenters. The maximum Gasteiger partial charge on any atom is 0.433 e. The second kappa shape index (κ2) is 7.59. The van der Waals surface area contributed by atoms with Gasteiger partial charge in [-0.3, -0.25) is 15.2 Å². The van der Waals surface area contributed by atoms with E-state index in [2.05, 4.69) is 10.3 Å². The van der Waals surface area contributed by atoms with Crippen LogP contribution in [0.5, 0.6) is 0 Å². The summed E-state index contributed by atoms with van der Waals surface area (Å²) in [5.41, 5.74) is 1.30. The molecule has 0 aliphatic carbocycles. The Morgan fingerprint density at radius 1 is 1.36 bits per heavy atom. The highest BCUT2D eigenvalue weighted by Crippen LogP contribution is 2.27. The van der Waals surface area contributed by atoms with Crippen molar-refractivity contribution in [2.45, 2.75) is 31.5 Å². The molecular formula is C12H15F3N4O3. The molecule has 1 atom stereocenters. The predicted molar refractivity (Wildman–Crippen MR) is 69.5 cm³/mol. The molecule has 0 spiro atoms. The van der Waals surface area contributed by atoms with Gasteiger partial charge < -0.3 is 10.4 Å². The zero-order valence-electron chi connectivity index (χ0n) is 11.4. The van der Waals surface area contributed by atoms with Crippen LogP contribution in [0.2, 0.25) is 0 Å². The summed E-state index contributed by atoms with van der Waals surface area (Å²) < 4.78 is 37.2. The lowest BCUT2D eigenvalue weighted by atomic mass is 10.0. The van der Waals surface area contributed by atoms with Gasteiger partial charge in [-0.05, 0) is 24.5 Å². The van der Waals surface area contributed by atoms with Crippen LogP contribution in [0.1, 0.15) is 24.1 Å². The molecule has 0 aliphatic heterocycles. The molecule has 0 fully saturated rings. The van der Waals surface area contributed by atoms with Crippen molar-refractivity contribution in [3.63, 3.8) is 0 Å². The number of carbonyl (C=O) groups excluding carboxylic acids is 1. The Morgan fingerprint density at radius 3 is 2.50 bits per heavy atom. The zero-order chi connectivity index (χ0) is 16.8. The van der Waals surface area contributed by atoms with Gasteiger partial charge in [-0.2, -0.15) is 13.2 Å². The van der Waals surface area contributed by atoms with Gasteiger partial charge in [-0.15, -0.1) is 0 Å². The van der Waals surface area contributed by atoms with E-state index in [4.69, 9.17) is 10.9 Å². The molecule has 1 aromatic heterocycles. The van der Waals surface area contributed by atoms with Gasteiger partial charge in [0.05, 0.1) is 0 Å². The molecule has 0 aromatic carbocycles. The number of alkyl halides is 3. The van der Waals surface area contributed by atoms with Crippen LogP contribution in [-0.2, 0) is 17.4 Å². The number of halogens is 3. The molecule has 0 aliphatic rings. The SMILES string of the molecule is NNC(=O)CC[C@H](Cc1ccc(C(F)(F)F)nc1)NC(=O)O. The molecule has 5 N–H and O–H groups in total. The van der Waals surface area contributed by atoms with Crippen LogP contribution < -0.4 is 16.6 Å². The molecule has 1 rings (SSSR count). The van der Waals surface area contributed by atoms with Crippen LogP contribution in [0.25, 0.3) is 0 Å². The Hall–Kier alpha value is -2.36. The molecule has 2 amide bonds. The molecule has 0 radical (unpaired) electrons. The Balaban J connectivity index is 2.72. The fourth-order valence-corrected chi connectivity index (χ4v) is 1.77. The summed E-state index contributed by atoms with van der Waals surface area (Å²) in [7, 11) is 0. The van der Waals surface area contributed by atoms with Crippen LogP contribution in [0.4, 0.5) is 18.0 Å². The van der Waals surface area contributed by atoms with Crippen LogP contribution in [-0.4, -0.2) is 28.1 Å². The van der Waals surface area contributed by atoms with E-state index in [0.29, 0.717) is 5.56 Å². The zero-order valence-corrected chi connectivity index (χ0v) is 11.4. The van der Waals surface area contributed by atoms with E-state index in [9.17, 15) is 22.8 Å². The molecule has 7 nitrogen and oxygen atoms in total. The number of aromatic nitrogens is 1. The van der Waals surface area contributed by atoms with E-state index >= 15 is 0 Å². The molecule has 122 valence electrons. The van der Waals surface area contributed by atoms with Gasteiger partial charge in [0.15, 0.2) is 0 Å². The topological polar surface area (TPSA) is 117 Å². The van der Waals surface area contributed by atoms with Crippen molar-refractivity contribution < 1.29 is 27.9 Å². The highest BCUT2D eigenvalue weighted by Gasteiger charge is 2.32. The average molecular weight is 320 g/mol. The van der Waals surface area contributed by atoms with Crippen molar-refractivity contribution in [2.24, 2.45) is 5.84 Å². The fourth-order valence-electron chi connectivity index (χ4n) is 1.77. The number of hydrogen-bond donors (Lipinski definition) is 4. The highest BCUT2D eigenvalue weighted by molar-refractivity contribution is 5.75. The number of nitrogens with zero attached hydrogens (tertiary/aromatic N) is 1. The van der Waals surface area contributed by atoms with Crippen molar-refractivity contribution >= 4 is 12.0 Å². The van der Waals surface area contributed by atoms with Gasteiger partial charge in [0.25, 0.3) is 0 Å². The average Bonchev–Trinajstić information content (AvgIpc) is 2.43. The highest BCUT2D eigenvalue weighted by atomic mass is 19.4. The maximum atomic E-state index is 12.4. The fraction of sp³-hybridized carbons (Fsp3) is 0.417. The third-order valence-corrected chi connectivity index (χ3v) is 2.81. The Morgan fingerprint density at radius 2 is 2.05 bits per heavy atom. The molecular weight excluding hydrogens is 305 g/mol. The number of carbonyl (C=O) groups is 2. The number of hydrazine groups is 1. The normalized spacial score (nSPS) is 12.5. The van der Waals surface area contributed by atoms with E-state index in [1.54, 1.807) is 0 Å². The van der Waals surface area contributed by atoms with Gasteiger partial charge in [-0.1, -0.05) is 6.07 Å². The first kappa shape index (κ1) is 17.7. The van der Waals surface area contributed by atoms with Crippen LogP contribution in [0.15, 0.2) is 18.3 Å². The smallest absolute Gasteiger partial charge is 0.433 e. The second-order valence-electron chi connectivity index (χ2n) is 4.51. The summed E-state index contributed by atoms with van der Waals surface area (Å²) >= 11 is 0. The lowest BCUT2D eigenvalue weighted by Crippen LogP contribution is -2.37. The molecule has 1 aromatic rings. The predicted octanol–water partition coefficient (Wildman–Crippen LogP) is 1.05. The van der Waals surface area contributed by atoms with Gasteiger partial charge in [0.1, 0.15) is 5.69 Å². The lowest BCUT2D eigenvalue weighted by molar-refractivity contribution is -0.141. The number of nitrogens with two attached hydrogens (primary N) is 1. The van der Waals surface area contributed by atoms with E-state index in [0.717, 1.165) is 12.3 Å². The Kier molecular flexibility index (Phi) is 6.11. The molecule has 0 saturated heterocycles. The largest absolute Gasteiger partial charge is 0.465 e. The molecule has 22 heavy (non-hydrogen) atoms. The minimum Gasteiger partial charge on any atom is -0.465 e. The molecule has 10 heteroatoms. The third kappa shape index (κ3) is 5.95. The number of nitrogens with one attached hydrogen (secondary N) is 2. The van der Waals surface area contributed by atoms with Crippen molar-refractivity contribution in [1.29, 1.82) is 0 Å². The summed E-state index contributed by atoms with van der Waals surface area (Å²) in [5, 5.41) is 10.9. The number of carboxylic acid groups (broad SMARTS) is 1. The molecule has 0 saturated carbocycles. The number of rotatable bonds is 6. The number of pyridine rings is 1. The Bertz CT molecular complexity index is 519. The summed E-state index contributed by atoms with van der Waals surface area (Å²) in [4.78, 5) is 25.1. The monoisotopic (exact) mass is 320 g/mol. The lowest BCUT2D eigenvalue weighted by Gasteiger charge is -2.16. The first-order valence-corrected chi connectivity index (χ1v) is 6.23. The second-order valence-corrected chi connectivity index (χ2v) is 4.51. The van der Waals surface area contributed by atoms with E-state index in [-0.39, 0.29) is 19.3 Å². The van der Waals surface area contributed by atoms with Crippen molar-refractivity contribution in [2.75, 3.05) is 0 Å². The number of amides is 2. The quantitative estimate of drug-likeness (QED) is 0.355.